The normalized spacial score (nSPS) is 15.0. The standard InChI is InChI=1S/C20H23N5O2S/c1-14-7-5-6-10-16(14)21-18(26)13-24-20(27)25-17(22-24)11-12-19(23-25)28-15-8-3-2-4-9-15/h5-7,10-12,15H,2-4,8-9,13H2,1H3,(H,21,26). The number of para-hydroxylation sites is 1. The molecule has 2 heterocycles. The third-order valence-corrected chi connectivity index (χ3v) is 6.23. The summed E-state index contributed by atoms with van der Waals surface area (Å²) >= 11 is 1.73. The van der Waals surface area contributed by atoms with Gasteiger partial charge in [0.25, 0.3) is 0 Å². The van der Waals surface area contributed by atoms with Crippen LogP contribution in [0.4, 0.5) is 5.69 Å². The largest absolute Gasteiger partial charge is 0.367 e. The molecule has 146 valence electrons. The molecule has 1 fully saturated rings. The predicted octanol–water partition coefficient (Wildman–Crippen LogP) is 3.26. The van der Waals surface area contributed by atoms with Crippen molar-refractivity contribution in [2.45, 2.75) is 55.8 Å². The summed E-state index contributed by atoms with van der Waals surface area (Å²) in [5.41, 5.74) is 1.74. The van der Waals surface area contributed by atoms with Gasteiger partial charge in [-0.15, -0.1) is 16.9 Å². The Hall–Kier alpha value is -2.61. The van der Waals surface area contributed by atoms with E-state index in [1.54, 1.807) is 17.8 Å². The smallest absolute Gasteiger partial charge is 0.324 e. The van der Waals surface area contributed by atoms with Gasteiger partial charge in [0.15, 0.2) is 5.65 Å². The Morgan fingerprint density at radius 1 is 1.14 bits per heavy atom. The highest BCUT2D eigenvalue weighted by atomic mass is 32.2. The van der Waals surface area contributed by atoms with Crippen LogP contribution in [-0.4, -0.2) is 30.6 Å². The molecule has 0 unspecified atom stereocenters. The van der Waals surface area contributed by atoms with Gasteiger partial charge in [-0.05, 0) is 43.5 Å². The first-order valence-electron chi connectivity index (χ1n) is 9.59. The van der Waals surface area contributed by atoms with Crippen molar-refractivity contribution in [2.24, 2.45) is 0 Å². The van der Waals surface area contributed by atoms with Crippen molar-refractivity contribution in [3.63, 3.8) is 0 Å². The molecule has 0 bridgehead atoms. The zero-order valence-electron chi connectivity index (χ0n) is 15.8. The molecular weight excluding hydrogens is 374 g/mol. The minimum absolute atomic E-state index is 0.151. The van der Waals surface area contributed by atoms with Gasteiger partial charge in [-0.25, -0.2) is 9.48 Å². The summed E-state index contributed by atoms with van der Waals surface area (Å²) in [7, 11) is 0. The molecule has 2 aromatic heterocycles. The maximum Gasteiger partial charge on any atom is 0.367 e. The Balaban J connectivity index is 1.50. The van der Waals surface area contributed by atoms with Crippen LogP contribution in [0.25, 0.3) is 5.65 Å². The number of carbonyl (C=O) groups excluding carboxylic acids is 1. The van der Waals surface area contributed by atoms with Crippen LogP contribution in [0.15, 0.2) is 46.2 Å². The van der Waals surface area contributed by atoms with E-state index in [1.165, 1.54) is 36.6 Å². The van der Waals surface area contributed by atoms with Gasteiger partial charge >= 0.3 is 5.69 Å². The number of fused-ring (bicyclic) bond motifs is 1. The average Bonchev–Trinajstić information content (AvgIpc) is 3.00. The van der Waals surface area contributed by atoms with Gasteiger partial charge in [0.05, 0.1) is 0 Å². The summed E-state index contributed by atoms with van der Waals surface area (Å²) < 4.78 is 2.44. The van der Waals surface area contributed by atoms with Crippen molar-refractivity contribution in [2.75, 3.05) is 5.32 Å². The third-order valence-electron chi connectivity index (χ3n) is 4.97. The lowest BCUT2D eigenvalue weighted by Gasteiger charge is -2.20. The van der Waals surface area contributed by atoms with Crippen LogP contribution >= 0.6 is 11.8 Å². The molecule has 0 radical (unpaired) electrons. The van der Waals surface area contributed by atoms with E-state index in [1.807, 2.05) is 37.3 Å². The molecule has 0 atom stereocenters. The summed E-state index contributed by atoms with van der Waals surface area (Å²) in [5, 5.41) is 12.9. The molecule has 1 aromatic carbocycles. The van der Waals surface area contributed by atoms with Crippen molar-refractivity contribution >= 4 is 29.0 Å². The van der Waals surface area contributed by atoms with Crippen molar-refractivity contribution in [3.8, 4) is 0 Å². The number of thioether (sulfide) groups is 1. The highest BCUT2D eigenvalue weighted by Crippen LogP contribution is 2.32. The van der Waals surface area contributed by atoms with Crippen LogP contribution < -0.4 is 11.0 Å². The van der Waals surface area contributed by atoms with Crippen LogP contribution in [-0.2, 0) is 11.3 Å². The number of hydrogen-bond acceptors (Lipinski definition) is 5. The molecule has 8 heteroatoms. The highest BCUT2D eigenvalue weighted by molar-refractivity contribution is 7.99. The number of benzene rings is 1. The molecule has 1 amide bonds. The van der Waals surface area contributed by atoms with Crippen molar-refractivity contribution < 1.29 is 4.79 Å². The highest BCUT2D eigenvalue weighted by Gasteiger charge is 2.17. The van der Waals surface area contributed by atoms with Gasteiger partial charge < -0.3 is 5.32 Å². The van der Waals surface area contributed by atoms with Gasteiger partial charge in [0.2, 0.25) is 5.91 Å². The lowest BCUT2D eigenvalue weighted by molar-refractivity contribution is -0.117. The van der Waals surface area contributed by atoms with Gasteiger partial charge in [-0.2, -0.15) is 9.61 Å². The first-order valence-corrected chi connectivity index (χ1v) is 10.5. The fourth-order valence-corrected chi connectivity index (χ4v) is 4.64. The summed E-state index contributed by atoms with van der Waals surface area (Å²) in [5.74, 6) is -0.295. The van der Waals surface area contributed by atoms with E-state index in [0.717, 1.165) is 21.0 Å². The molecule has 1 aliphatic carbocycles. The monoisotopic (exact) mass is 397 g/mol. The van der Waals surface area contributed by atoms with Crippen LogP contribution in [0, 0.1) is 6.92 Å². The second kappa shape index (κ2) is 8.18. The number of anilines is 1. The first-order chi connectivity index (χ1) is 13.6. The van der Waals surface area contributed by atoms with Crippen LogP contribution in [0.2, 0.25) is 0 Å². The summed E-state index contributed by atoms with van der Waals surface area (Å²) in [6.45, 7) is 1.77. The molecule has 0 spiro atoms. The van der Waals surface area contributed by atoms with Crippen LogP contribution in [0.1, 0.15) is 37.7 Å². The number of nitrogens with zero attached hydrogens (tertiary/aromatic N) is 4. The summed E-state index contributed by atoms with van der Waals surface area (Å²) in [6.07, 6.45) is 6.21. The van der Waals surface area contributed by atoms with Gasteiger partial charge in [-0.1, -0.05) is 37.5 Å². The first kappa shape index (κ1) is 18.7. The average molecular weight is 398 g/mol. The van der Waals surface area contributed by atoms with E-state index in [2.05, 4.69) is 15.5 Å². The summed E-state index contributed by atoms with van der Waals surface area (Å²) in [4.78, 5) is 25.0. The van der Waals surface area contributed by atoms with Crippen LogP contribution in [0.3, 0.4) is 0 Å². The molecule has 4 rings (SSSR count). The number of amides is 1. The SMILES string of the molecule is Cc1ccccc1NC(=O)Cn1nc2ccc(SC3CCCCC3)nn2c1=O. The molecular formula is C20H23N5O2S. The van der Waals surface area contributed by atoms with Gasteiger partial charge in [0, 0.05) is 10.9 Å². The Morgan fingerprint density at radius 3 is 2.71 bits per heavy atom. The second-order valence-corrected chi connectivity index (χ2v) is 8.44. The van der Waals surface area contributed by atoms with E-state index in [-0.39, 0.29) is 12.5 Å². The Bertz CT molecular complexity index is 1050. The number of aromatic nitrogens is 4. The lowest BCUT2D eigenvalue weighted by atomic mass is 10.0. The number of hydrogen-bond donors (Lipinski definition) is 1. The number of rotatable bonds is 5. The predicted molar refractivity (Wildman–Crippen MR) is 110 cm³/mol. The molecule has 1 aliphatic rings. The summed E-state index contributed by atoms with van der Waals surface area (Å²) in [6, 6.07) is 11.2. The molecule has 7 nitrogen and oxygen atoms in total. The number of aryl methyl sites for hydroxylation is 1. The van der Waals surface area contributed by atoms with E-state index in [4.69, 9.17) is 0 Å². The maximum absolute atomic E-state index is 12.6. The van der Waals surface area contributed by atoms with Crippen LogP contribution in [0.5, 0.6) is 0 Å². The number of nitrogens with one attached hydrogen (secondary N) is 1. The van der Waals surface area contributed by atoms with Gasteiger partial charge in [-0.3, -0.25) is 4.79 Å². The van der Waals surface area contributed by atoms with Crippen molar-refractivity contribution in [1.29, 1.82) is 0 Å². The Morgan fingerprint density at radius 2 is 1.93 bits per heavy atom. The zero-order chi connectivity index (χ0) is 19.5. The Labute approximate surface area is 167 Å². The molecule has 28 heavy (non-hydrogen) atoms. The van der Waals surface area contributed by atoms with E-state index >= 15 is 0 Å². The fourth-order valence-electron chi connectivity index (χ4n) is 3.45. The molecule has 3 aromatic rings. The molecule has 0 aliphatic heterocycles. The Kier molecular flexibility index (Phi) is 5.47. The quantitative estimate of drug-likeness (QED) is 0.715. The lowest BCUT2D eigenvalue weighted by Crippen LogP contribution is -2.29. The minimum Gasteiger partial charge on any atom is -0.324 e. The zero-order valence-corrected chi connectivity index (χ0v) is 16.6. The van der Waals surface area contributed by atoms with E-state index < -0.39 is 5.69 Å². The van der Waals surface area contributed by atoms with Gasteiger partial charge in [0.1, 0.15) is 11.6 Å². The number of carbonyl (C=O) groups is 1. The second-order valence-electron chi connectivity index (χ2n) is 7.12. The maximum atomic E-state index is 12.6. The molecule has 1 N–H and O–H groups in total. The minimum atomic E-state index is -0.402. The van der Waals surface area contributed by atoms with Crippen molar-refractivity contribution in [3.05, 3.63) is 52.4 Å². The topological polar surface area (TPSA) is 81.3 Å². The molecule has 0 saturated heterocycles. The molecule has 1 saturated carbocycles. The van der Waals surface area contributed by atoms with E-state index in [0.29, 0.717) is 10.9 Å². The van der Waals surface area contributed by atoms with Crippen molar-refractivity contribution in [1.82, 2.24) is 19.4 Å². The van der Waals surface area contributed by atoms with E-state index in [9.17, 15) is 9.59 Å². The fraction of sp³-hybridized carbons (Fsp3) is 0.400. The third kappa shape index (κ3) is 4.11.